The molecule has 2 aromatic heterocycles. The molecule has 3 aromatic rings. The molecule has 0 radical (unpaired) electrons. The summed E-state index contributed by atoms with van der Waals surface area (Å²) in [5, 5.41) is 3.48. The minimum absolute atomic E-state index is 0.00612. The van der Waals surface area contributed by atoms with Crippen LogP contribution in [0.15, 0.2) is 35.3 Å². The minimum Gasteiger partial charge on any atom is -0.461 e. The van der Waals surface area contributed by atoms with Gasteiger partial charge in [0.1, 0.15) is 18.0 Å². The lowest BCUT2D eigenvalue weighted by Gasteiger charge is -2.23. The second-order valence-corrected chi connectivity index (χ2v) is 12.2. The molecule has 1 aliphatic heterocycles. The summed E-state index contributed by atoms with van der Waals surface area (Å²) in [6.45, 7) is 9.14. The van der Waals surface area contributed by atoms with Gasteiger partial charge in [0, 0.05) is 50.7 Å². The summed E-state index contributed by atoms with van der Waals surface area (Å²) >= 11 is 0. The third kappa shape index (κ3) is 6.66. The first kappa shape index (κ1) is 28.6. The Bertz CT molecular complexity index is 1350. The van der Waals surface area contributed by atoms with Gasteiger partial charge in [0.15, 0.2) is 0 Å². The Morgan fingerprint density at radius 3 is 2.60 bits per heavy atom. The molecule has 1 aliphatic carbocycles. The average molecular weight is 549 g/mol. The normalized spacial score (nSPS) is 17.6. The molecule has 1 atom stereocenters. The van der Waals surface area contributed by atoms with Crippen LogP contribution in [0, 0.1) is 18.8 Å². The summed E-state index contributed by atoms with van der Waals surface area (Å²) in [4.78, 5) is 30.5. The van der Waals surface area contributed by atoms with E-state index in [1.165, 1.54) is 0 Å². The molecule has 1 saturated heterocycles. The number of benzene rings is 1. The highest BCUT2D eigenvalue weighted by Gasteiger charge is 2.26. The number of carbonyl (C=O) groups is 1. The van der Waals surface area contributed by atoms with Gasteiger partial charge in [-0.2, -0.15) is 0 Å². The van der Waals surface area contributed by atoms with Gasteiger partial charge in [-0.15, -0.1) is 0 Å². The van der Waals surface area contributed by atoms with Crippen molar-refractivity contribution < 1.29 is 14.3 Å². The molecule has 1 unspecified atom stereocenters. The van der Waals surface area contributed by atoms with E-state index in [9.17, 15) is 9.59 Å². The number of hydrogen-bond acceptors (Lipinski definition) is 6. The number of aromatic nitrogens is 3. The number of imidazole rings is 1. The molecule has 216 valence electrons. The number of nitrogens with one attached hydrogen (secondary N) is 1. The van der Waals surface area contributed by atoms with Crippen LogP contribution in [-0.2, 0) is 34.4 Å². The molecular weight excluding hydrogens is 504 g/mol. The van der Waals surface area contributed by atoms with Crippen molar-refractivity contribution in [2.24, 2.45) is 18.9 Å². The number of hydrogen-bond donors (Lipinski definition) is 1. The molecule has 0 bridgehead atoms. The summed E-state index contributed by atoms with van der Waals surface area (Å²) in [6.07, 6.45) is 8.98. The molecule has 2 fully saturated rings. The van der Waals surface area contributed by atoms with Gasteiger partial charge in [-0.25, -0.2) is 4.98 Å². The Kier molecular flexibility index (Phi) is 9.06. The second-order valence-electron chi connectivity index (χ2n) is 12.2. The molecule has 8 heteroatoms. The zero-order chi connectivity index (χ0) is 28.2. The summed E-state index contributed by atoms with van der Waals surface area (Å²) in [7, 11) is 1.79. The molecule has 1 N–H and O–H groups in total. The fourth-order valence-corrected chi connectivity index (χ4v) is 6.11. The summed E-state index contributed by atoms with van der Waals surface area (Å²) in [5.41, 5.74) is 4.72. The molecule has 8 nitrogen and oxygen atoms in total. The quantitative estimate of drug-likeness (QED) is 0.354. The molecule has 1 aromatic carbocycles. The third-order valence-corrected chi connectivity index (χ3v) is 8.34. The predicted molar refractivity (Wildman–Crippen MR) is 157 cm³/mol. The van der Waals surface area contributed by atoms with E-state index in [2.05, 4.69) is 41.9 Å². The van der Waals surface area contributed by atoms with Gasteiger partial charge in [0.05, 0.1) is 11.0 Å². The average Bonchev–Trinajstić information content (AvgIpc) is 3.57. The minimum atomic E-state index is -0.327. The van der Waals surface area contributed by atoms with Crippen LogP contribution >= 0.6 is 0 Å². The number of aryl methyl sites for hydroxylation is 2. The van der Waals surface area contributed by atoms with Crippen LogP contribution in [0.25, 0.3) is 22.4 Å². The van der Waals surface area contributed by atoms with Crippen LogP contribution in [0.4, 0.5) is 0 Å². The van der Waals surface area contributed by atoms with E-state index >= 15 is 0 Å². The number of carbonyl (C=O) groups excluding carboxylic acids is 1. The first-order valence-electron chi connectivity index (χ1n) is 15.0. The Morgan fingerprint density at radius 1 is 1.15 bits per heavy atom. The molecule has 1 saturated carbocycles. The predicted octanol–water partition coefficient (Wildman–Crippen LogP) is 5.13. The van der Waals surface area contributed by atoms with E-state index in [1.54, 1.807) is 11.6 Å². The fraction of sp³-hybridized carbons (Fsp3) is 0.594. The van der Waals surface area contributed by atoms with Crippen molar-refractivity contribution in [1.82, 2.24) is 19.4 Å². The van der Waals surface area contributed by atoms with Crippen molar-refractivity contribution in [2.45, 2.75) is 91.0 Å². The maximum Gasteiger partial charge on any atom is 0.323 e. The van der Waals surface area contributed by atoms with Gasteiger partial charge < -0.3 is 23.9 Å². The van der Waals surface area contributed by atoms with Gasteiger partial charge in [-0.3, -0.25) is 9.59 Å². The Labute approximate surface area is 237 Å². The van der Waals surface area contributed by atoms with Gasteiger partial charge in [0.25, 0.3) is 5.56 Å². The van der Waals surface area contributed by atoms with E-state index in [-0.39, 0.29) is 23.7 Å². The lowest BCUT2D eigenvalue weighted by atomic mass is 10.00. The van der Waals surface area contributed by atoms with E-state index < -0.39 is 0 Å². The van der Waals surface area contributed by atoms with Crippen LogP contribution in [0.2, 0.25) is 0 Å². The van der Waals surface area contributed by atoms with E-state index in [0.29, 0.717) is 23.9 Å². The van der Waals surface area contributed by atoms with Crippen LogP contribution in [-0.4, -0.2) is 45.4 Å². The molecule has 0 spiro atoms. The maximum atomic E-state index is 13.0. The second kappa shape index (κ2) is 12.7. The number of fused-ring (bicyclic) bond motifs is 1. The first-order valence-corrected chi connectivity index (χ1v) is 15.0. The van der Waals surface area contributed by atoms with Crippen molar-refractivity contribution in [1.29, 1.82) is 0 Å². The van der Waals surface area contributed by atoms with Crippen molar-refractivity contribution in [3.05, 3.63) is 51.9 Å². The lowest BCUT2D eigenvalue weighted by molar-refractivity contribution is -0.151. The largest absolute Gasteiger partial charge is 0.461 e. The van der Waals surface area contributed by atoms with Crippen molar-refractivity contribution in [3.8, 4) is 11.4 Å². The van der Waals surface area contributed by atoms with Gasteiger partial charge in [-0.1, -0.05) is 19.9 Å². The van der Waals surface area contributed by atoms with Gasteiger partial charge >= 0.3 is 5.97 Å². The van der Waals surface area contributed by atoms with Crippen molar-refractivity contribution in [3.63, 3.8) is 0 Å². The molecule has 5 rings (SSSR count). The summed E-state index contributed by atoms with van der Waals surface area (Å²) < 4.78 is 15.4. The molecular formula is C32H44N4O4. The SMILES string of the molecule is Cc1cc(-c2nc3cc(CNC(CC(C)C)C(=O)OC4CCCC4)ccc3n2CC2CCOCC2)cn(C)c1=O. The lowest BCUT2D eigenvalue weighted by Crippen LogP contribution is -2.40. The molecule has 3 heterocycles. The Hall–Kier alpha value is -2.97. The van der Waals surface area contributed by atoms with E-state index in [4.69, 9.17) is 14.5 Å². The zero-order valence-electron chi connectivity index (χ0n) is 24.4. The van der Waals surface area contributed by atoms with Gasteiger partial charge in [0.2, 0.25) is 0 Å². The van der Waals surface area contributed by atoms with Crippen molar-refractivity contribution >= 4 is 17.0 Å². The zero-order valence-corrected chi connectivity index (χ0v) is 24.4. The monoisotopic (exact) mass is 548 g/mol. The third-order valence-electron chi connectivity index (χ3n) is 8.34. The van der Waals surface area contributed by atoms with E-state index in [0.717, 1.165) is 92.7 Å². The van der Waals surface area contributed by atoms with Crippen LogP contribution in [0.1, 0.15) is 69.9 Å². The van der Waals surface area contributed by atoms with Crippen LogP contribution < -0.4 is 10.9 Å². The number of ether oxygens (including phenoxy) is 2. The highest BCUT2D eigenvalue weighted by Crippen LogP contribution is 2.29. The highest BCUT2D eigenvalue weighted by atomic mass is 16.5. The number of pyridine rings is 1. The molecule has 40 heavy (non-hydrogen) atoms. The number of nitrogens with zero attached hydrogens (tertiary/aromatic N) is 3. The van der Waals surface area contributed by atoms with Crippen LogP contribution in [0.3, 0.4) is 0 Å². The highest BCUT2D eigenvalue weighted by molar-refractivity contribution is 5.81. The number of rotatable bonds is 10. The number of esters is 1. The summed E-state index contributed by atoms with van der Waals surface area (Å²) in [5.74, 6) is 1.64. The Morgan fingerprint density at radius 2 is 1.90 bits per heavy atom. The summed E-state index contributed by atoms with van der Waals surface area (Å²) in [6, 6.07) is 8.01. The first-order chi connectivity index (χ1) is 19.3. The molecule has 0 amide bonds. The van der Waals surface area contributed by atoms with E-state index in [1.807, 2.05) is 19.2 Å². The maximum absolute atomic E-state index is 13.0. The standard InChI is InChI=1S/C32H44N4O4/c1-21(2)15-28(32(38)40-26-7-5-6-8-26)33-18-24-9-10-29-27(17-24)34-30(25-16-22(3)31(37)35(4)20-25)36(29)19-23-11-13-39-14-12-23/h9-10,16-17,20-21,23,26,28,33H,5-8,11-15,18-19H2,1-4H3. The smallest absolute Gasteiger partial charge is 0.323 e. The fourth-order valence-electron chi connectivity index (χ4n) is 6.11. The van der Waals surface area contributed by atoms with Gasteiger partial charge in [-0.05, 0) is 87.5 Å². The topological polar surface area (TPSA) is 87.4 Å². The van der Waals surface area contributed by atoms with Crippen LogP contribution in [0.5, 0.6) is 0 Å². The van der Waals surface area contributed by atoms with Crippen molar-refractivity contribution in [2.75, 3.05) is 13.2 Å². The molecule has 2 aliphatic rings. The Balaban J connectivity index is 1.41.